The molecule has 3 aromatic carbocycles. The van der Waals surface area contributed by atoms with E-state index >= 15 is 0 Å². The summed E-state index contributed by atoms with van der Waals surface area (Å²) in [5, 5.41) is 13.6. The van der Waals surface area contributed by atoms with E-state index < -0.39 is 5.82 Å². The van der Waals surface area contributed by atoms with Gasteiger partial charge in [0.1, 0.15) is 30.3 Å². The number of methoxy groups -OCH3 is 1. The summed E-state index contributed by atoms with van der Waals surface area (Å²) in [5.74, 6) is 0.757. The van der Waals surface area contributed by atoms with Crippen LogP contribution in [-0.2, 0) is 6.61 Å². The number of fused-ring (bicyclic) bond motifs is 1. The largest absolute Gasteiger partial charge is 0.504 e. The molecule has 30 heavy (non-hydrogen) atoms. The third-order valence-electron chi connectivity index (χ3n) is 4.69. The molecule has 2 N–H and O–H groups in total. The van der Waals surface area contributed by atoms with Gasteiger partial charge in [0, 0.05) is 17.5 Å². The van der Waals surface area contributed by atoms with Crippen molar-refractivity contribution in [1.82, 2.24) is 9.97 Å². The van der Waals surface area contributed by atoms with Gasteiger partial charge in [-0.1, -0.05) is 30.3 Å². The zero-order valence-electron chi connectivity index (χ0n) is 16.5. The third-order valence-corrected chi connectivity index (χ3v) is 4.69. The SMILES string of the molecule is COc1cc2c(Nc3cc(OCc4ccccc4)c(C)cc3F)ncnc2cc1O. The van der Waals surface area contributed by atoms with Crippen molar-refractivity contribution in [2.24, 2.45) is 0 Å². The summed E-state index contributed by atoms with van der Waals surface area (Å²) in [4.78, 5) is 8.38. The molecule has 0 amide bonds. The number of aryl methyl sites for hydroxylation is 1. The Hall–Kier alpha value is -3.87. The molecule has 1 aromatic heterocycles. The van der Waals surface area contributed by atoms with Crippen LogP contribution in [0.15, 0.2) is 60.9 Å². The standard InChI is InChI=1S/C23H20FN3O3/c1-14-8-17(24)19(11-21(14)30-12-15-6-4-3-5-7-15)27-23-16-9-22(29-2)20(28)10-18(16)25-13-26-23/h3-11,13,28H,12H2,1-2H3,(H,25,26,27). The first kappa shape index (κ1) is 19.4. The van der Waals surface area contributed by atoms with Crippen molar-refractivity contribution in [3.8, 4) is 17.2 Å². The number of nitrogens with zero attached hydrogens (tertiary/aromatic N) is 2. The van der Waals surface area contributed by atoms with Crippen LogP contribution in [-0.4, -0.2) is 22.2 Å². The number of hydrogen-bond acceptors (Lipinski definition) is 6. The molecule has 4 aromatic rings. The molecule has 152 valence electrons. The smallest absolute Gasteiger partial charge is 0.161 e. The fourth-order valence-electron chi connectivity index (χ4n) is 3.10. The Morgan fingerprint density at radius 3 is 2.60 bits per heavy atom. The van der Waals surface area contributed by atoms with E-state index in [2.05, 4.69) is 15.3 Å². The van der Waals surface area contributed by atoms with Gasteiger partial charge in [-0.15, -0.1) is 0 Å². The second-order valence-electron chi connectivity index (χ2n) is 6.76. The quantitative estimate of drug-likeness (QED) is 0.464. The molecule has 6 nitrogen and oxygen atoms in total. The Labute approximate surface area is 172 Å². The topological polar surface area (TPSA) is 76.5 Å². The van der Waals surface area contributed by atoms with Crippen LogP contribution in [0.5, 0.6) is 17.2 Å². The lowest BCUT2D eigenvalue weighted by atomic mass is 10.1. The number of rotatable bonds is 6. The van der Waals surface area contributed by atoms with E-state index in [4.69, 9.17) is 9.47 Å². The summed E-state index contributed by atoms with van der Waals surface area (Å²) in [6.45, 7) is 2.17. The summed E-state index contributed by atoms with van der Waals surface area (Å²) >= 11 is 0. The molecule has 0 saturated heterocycles. The fourth-order valence-corrected chi connectivity index (χ4v) is 3.10. The zero-order valence-corrected chi connectivity index (χ0v) is 16.5. The number of phenolic OH excluding ortho intramolecular Hbond substituents is 1. The predicted octanol–water partition coefficient (Wildman–Crippen LogP) is 5.11. The molecule has 0 aliphatic carbocycles. The molecule has 7 heteroatoms. The lowest BCUT2D eigenvalue weighted by Crippen LogP contribution is -2.02. The van der Waals surface area contributed by atoms with Crippen molar-refractivity contribution >= 4 is 22.4 Å². The number of anilines is 2. The van der Waals surface area contributed by atoms with E-state index in [1.54, 1.807) is 19.1 Å². The van der Waals surface area contributed by atoms with Gasteiger partial charge in [-0.3, -0.25) is 0 Å². The van der Waals surface area contributed by atoms with Gasteiger partial charge in [0.15, 0.2) is 11.5 Å². The van der Waals surface area contributed by atoms with E-state index in [1.165, 1.54) is 25.6 Å². The summed E-state index contributed by atoms with van der Waals surface area (Å²) < 4.78 is 25.7. The number of phenols is 1. The normalized spacial score (nSPS) is 10.8. The number of aromatic nitrogens is 2. The minimum Gasteiger partial charge on any atom is -0.504 e. The van der Waals surface area contributed by atoms with Crippen LogP contribution in [0.1, 0.15) is 11.1 Å². The van der Waals surface area contributed by atoms with Crippen molar-refractivity contribution in [2.75, 3.05) is 12.4 Å². The number of benzene rings is 3. The Morgan fingerprint density at radius 1 is 1.03 bits per heavy atom. The molecule has 4 rings (SSSR count). The van der Waals surface area contributed by atoms with E-state index in [9.17, 15) is 9.50 Å². The van der Waals surface area contributed by atoms with Gasteiger partial charge in [-0.2, -0.15) is 0 Å². The van der Waals surface area contributed by atoms with Crippen LogP contribution in [0.3, 0.4) is 0 Å². The Kier molecular flexibility index (Phi) is 5.34. The van der Waals surface area contributed by atoms with Crippen LogP contribution >= 0.6 is 0 Å². The van der Waals surface area contributed by atoms with Gasteiger partial charge in [0.25, 0.3) is 0 Å². The van der Waals surface area contributed by atoms with Crippen molar-refractivity contribution in [1.29, 1.82) is 0 Å². The monoisotopic (exact) mass is 405 g/mol. The Balaban J connectivity index is 1.66. The van der Waals surface area contributed by atoms with Crippen molar-refractivity contribution in [3.05, 3.63) is 77.9 Å². The van der Waals surface area contributed by atoms with E-state index in [-0.39, 0.29) is 17.2 Å². The van der Waals surface area contributed by atoms with Gasteiger partial charge in [-0.25, -0.2) is 14.4 Å². The van der Waals surface area contributed by atoms with Crippen molar-refractivity contribution in [2.45, 2.75) is 13.5 Å². The average molecular weight is 405 g/mol. The number of aromatic hydroxyl groups is 1. The van der Waals surface area contributed by atoms with Crippen LogP contribution in [0, 0.1) is 12.7 Å². The Morgan fingerprint density at radius 2 is 1.83 bits per heavy atom. The molecular formula is C23H20FN3O3. The molecule has 0 radical (unpaired) electrons. The van der Waals surface area contributed by atoms with Crippen LogP contribution in [0.25, 0.3) is 10.9 Å². The van der Waals surface area contributed by atoms with Crippen molar-refractivity contribution < 1.29 is 19.0 Å². The average Bonchev–Trinajstić information content (AvgIpc) is 2.75. The minimum absolute atomic E-state index is 0.0345. The molecule has 0 bridgehead atoms. The summed E-state index contributed by atoms with van der Waals surface area (Å²) in [7, 11) is 1.45. The highest BCUT2D eigenvalue weighted by molar-refractivity contribution is 5.93. The van der Waals surface area contributed by atoms with Crippen LogP contribution < -0.4 is 14.8 Å². The van der Waals surface area contributed by atoms with Gasteiger partial charge in [-0.05, 0) is 30.2 Å². The van der Waals surface area contributed by atoms with E-state index in [0.29, 0.717) is 34.6 Å². The lowest BCUT2D eigenvalue weighted by molar-refractivity contribution is 0.304. The molecule has 1 heterocycles. The minimum atomic E-state index is -0.433. The summed E-state index contributed by atoms with van der Waals surface area (Å²) in [6, 6.07) is 15.9. The molecule has 0 fully saturated rings. The van der Waals surface area contributed by atoms with Crippen LogP contribution in [0.2, 0.25) is 0 Å². The molecule has 0 aliphatic heterocycles. The van der Waals surface area contributed by atoms with Crippen molar-refractivity contribution in [3.63, 3.8) is 0 Å². The number of halogens is 1. The molecule has 0 saturated carbocycles. The summed E-state index contributed by atoms with van der Waals surface area (Å²) in [6.07, 6.45) is 1.34. The number of hydrogen-bond donors (Lipinski definition) is 2. The molecular weight excluding hydrogens is 385 g/mol. The zero-order chi connectivity index (χ0) is 21.1. The van der Waals surface area contributed by atoms with Gasteiger partial charge in [0.2, 0.25) is 0 Å². The first-order valence-corrected chi connectivity index (χ1v) is 9.31. The van der Waals surface area contributed by atoms with Gasteiger partial charge in [0.05, 0.1) is 18.3 Å². The van der Waals surface area contributed by atoms with Crippen LogP contribution in [0.4, 0.5) is 15.9 Å². The molecule has 0 atom stereocenters. The maximum Gasteiger partial charge on any atom is 0.161 e. The second kappa shape index (κ2) is 8.24. The first-order chi connectivity index (χ1) is 14.5. The van der Waals surface area contributed by atoms with Gasteiger partial charge < -0.3 is 19.9 Å². The summed E-state index contributed by atoms with van der Waals surface area (Å²) in [5.41, 5.74) is 2.42. The molecule has 0 spiro atoms. The first-order valence-electron chi connectivity index (χ1n) is 9.31. The Bertz CT molecular complexity index is 1200. The van der Waals surface area contributed by atoms with E-state index in [0.717, 1.165) is 5.56 Å². The second-order valence-corrected chi connectivity index (χ2v) is 6.76. The lowest BCUT2D eigenvalue weighted by Gasteiger charge is -2.14. The van der Waals surface area contributed by atoms with Gasteiger partial charge >= 0.3 is 0 Å². The molecule has 0 aliphatic rings. The van der Waals surface area contributed by atoms with E-state index in [1.807, 2.05) is 30.3 Å². The number of ether oxygens (including phenoxy) is 2. The highest BCUT2D eigenvalue weighted by Gasteiger charge is 2.14. The molecule has 0 unspecified atom stereocenters. The third kappa shape index (κ3) is 3.96. The maximum atomic E-state index is 14.7. The maximum absolute atomic E-state index is 14.7. The predicted molar refractivity (Wildman–Crippen MR) is 113 cm³/mol. The highest BCUT2D eigenvalue weighted by Crippen LogP contribution is 2.35. The fraction of sp³-hybridized carbons (Fsp3) is 0.130. The number of nitrogens with one attached hydrogen (secondary N) is 1. The highest BCUT2D eigenvalue weighted by atomic mass is 19.1.